The third kappa shape index (κ3) is 3.60. The minimum atomic E-state index is 0.478. The molecule has 0 spiro atoms. The van der Waals surface area contributed by atoms with Crippen LogP contribution in [0.25, 0.3) is 0 Å². The summed E-state index contributed by atoms with van der Waals surface area (Å²) in [7, 11) is 0. The minimum Gasteiger partial charge on any atom is -0.391 e. The van der Waals surface area contributed by atoms with E-state index in [9.17, 15) is 0 Å². The van der Waals surface area contributed by atoms with Gasteiger partial charge in [-0.3, -0.25) is 0 Å². The quantitative estimate of drug-likeness (QED) is 0.593. The Morgan fingerprint density at radius 2 is 1.72 bits per heavy atom. The van der Waals surface area contributed by atoms with Crippen LogP contribution in [0.2, 0.25) is 5.02 Å². The van der Waals surface area contributed by atoms with E-state index in [2.05, 4.69) is 5.16 Å². The molecule has 0 bridgehead atoms. The Morgan fingerprint density at radius 1 is 1.06 bits per heavy atom. The molecule has 0 saturated carbocycles. The van der Waals surface area contributed by atoms with Crippen molar-refractivity contribution in [1.29, 1.82) is 0 Å². The Kier molecular flexibility index (Phi) is 4.37. The van der Waals surface area contributed by atoms with Gasteiger partial charge in [-0.25, -0.2) is 0 Å². The van der Waals surface area contributed by atoms with Gasteiger partial charge in [0.05, 0.1) is 5.71 Å². The first kappa shape index (κ1) is 12.7. The molecule has 0 radical (unpaired) electrons. The summed E-state index contributed by atoms with van der Waals surface area (Å²) in [6.45, 7) is 2.39. The SMILES string of the molecule is CC(=NOCc1ccccc1)c1ccc(Cl)cc1. The van der Waals surface area contributed by atoms with Crippen molar-refractivity contribution in [1.82, 2.24) is 0 Å². The van der Waals surface area contributed by atoms with Crippen LogP contribution in [-0.2, 0) is 11.4 Å². The van der Waals surface area contributed by atoms with E-state index in [1.807, 2.05) is 61.5 Å². The molecule has 0 heterocycles. The maximum absolute atomic E-state index is 5.83. The zero-order chi connectivity index (χ0) is 12.8. The van der Waals surface area contributed by atoms with Crippen LogP contribution in [0.5, 0.6) is 0 Å². The highest BCUT2D eigenvalue weighted by molar-refractivity contribution is 6.30. The molecule has 0 aliphatic rings. The van der Waals surface area contributed by atoms with Crippen molar-refractivity contribution in [3.8, 4) is 0 Å². The molecule has 2 aromatic carbocycles. The van der Waals surface area contributed by atoms with Crippen molar-refractivity contribution in [3.63, 3.8) is 0 Å². The molecule has 3 heteroatoms. The van der Waals surface area contributed by atoms with Crippen LogP contribution in [0.15, 0.2) is 59.8 Å². The van der Waals surface area contributed by atoms with E-state index in [0.717, 1.165) is 21.9 Å². The molecule has 2 aromatic rings. The normalized spacial score (nSPS) is 11.3. The second-order valence-corrected chi connectivity index (χ2v) is 4.38. The Hall–Kier alpha value is -1.80. The fourth-order valence-electron chi connectivity index (χ4n) is 1.52. The number of hydrogen-bond acceptors (Lipinski definition) is 2. The van der Waals surface area contributed by atoms with Gasteiger partial charge in [-0.15, -0.1) is 0 Å². The maximum atomic E-state index is 5.83. The van der Waals surface area contributed by atoms with Gasteiger partial charge in [-0.1, -0.05) is 59.2 Å². The van der Waals surface area contributed by atoms with E-state index in [1.54, 1.807) is 0 Å². The summed E-state index contributed by atoms with van der Waals surface area (Å²) < 4.78 is 0. The Labute approximate surface area is 112 Å². The molecule has 0 atom stereocenters. The van der Waals surface area contributed by atoms with Crippen molar-refractivity contribution in [2.75, 3.05) is 0 Å². The first-order valence-corrected chi connectivity index (χ1v) is 6.10. The highest BCUT2D eigenvalue weighted by Gasteiger charge is 1.98. The largest absolute Gasteiger partial charge is 0.391 e. The van der Waals surface area contributed by atoms with Gasteiger partial charge in [0, 0.05) is 5.02 Å². The standard InChI is InChI=1S/C15H14ClNO/c1-12(14-7-9-15(16)10-8-14)17-18-11-13-5-3-2-4-6-13/h2-10H,11H2,1H3. The minimum absolute atomic E-state index is 0.478. The van der Waals surface area contributed by atoms with Crippen LogP contribution in [0.1, 0.15) is 18.1 Å². The topological polar surface area (TPSA) is 21.6 Å². The van der Waals surface area contributed by atoms with Crippen LogP contribution in [0.4, 0.5) is 0 Å². The molecule has 0 aromatic heterocycles. The third-order valence-corrected chi connectivity index (χ3v) is 2.79. The van der Waals surface area contributed by atoms with E-state index >= 15 is 0 Å². The highest BCUT2D eigenvalue weighted by atomic mass is 35.5. The molecule has 0 unspecified atom stereocenters. The van der Waals surface area contributed by atoms with E-state index in [-0.39, 0.29) is 0 Å². The lowest BCUT2D eigenvalue weighted by atomic mass is 10.1. The summed E-state index contributed by atoms with van der Waals surface area (Å²) in [6.07, 6.45) is 0. The van der Waals surface area contributed by atoms with Gasteiger partial charge >= 0.3 is 0 Å². The lowest BCUT2D eigenvalue weighted by Crippen LogP contribution is -1.96. The average molecular weight is 260 g/mol. The fourth-order valence-corrected chi connectivity index (χ4v) is 1.65. The smallest absolute Gasteiger partial charge is 0.142 e. The Bertz CT molecular complexity index is 520. The number of benzene rings is 2. The summed E-state index contributed by atoms with van der Waals surface area (Å²) in [6, 6.07) is 17.5. The molecule has 0 aliphatic heterocycles. The van der Waals surface area contributed by atoms with Crippen molar-refractivity contribution in [2.45, 2.75) is 13.5 Å². The molecule has 92 valence electrons. The molecule has 2 nitrogen and oxygen atoms in total. The monoisotopic (exact) mass is 259 g/mol. The van der Waals surface area contributed by atoms with E-state index in [0.29, 0.717) is 6.61 Å². The van der Waals surface area contributed by atoms with E-state index < -0.39 is 0 Å². The first-order valence-electron chi connectivity index (χ1n) is 5.72. The van der Waals surface area contributed by atoms with Crippen molar-refractivity contribution in [2.24, 2.45) is 5.16 Å². The van der Waals surface area contributed by atoms with E-state index in [4.69, 9.17) is 16.4 Å². The van der Waals surface area contributed by atoms with Gasteiger partial charge in [0.15, 0.2) is 0 Å². The molecular weight excluding hydrogens is 246 g/mol. The predicted octanol–water partition coefficient (Wildman–Crippen LogP) is 4.28. The Balaban J connectivity index is 1.95. The van der Waals surface area contributed by atoms with Gasteiger partial charge in [-0.2, -0.15) is 0 Å². The van der Waals surface area contributed by atoms with Crippen LogP contribution < -0.4 is 0 Å². The molecule has 0 amide bonds. The first-order chi connectivity index (χ1) is 8.75. The number of hydrogen-bond donors (Lipinski definition) is 0. The predicted molar refractivity (Wildman–Crippen MR) is 74.9 cm³/mol. The second-order valence-electron chi connectivity index (χ2n) is 3.94. The summed E-state index contributed by atoms with van der Waals surface area (Å²) in [4.78, 5) is 5.32. The summed E-state index contributed by atoms with van der Waals surface area (Å²) >= 11 is 5.83. The number of rotatable bonds is 4. The van der Waals surface area contributed by atoms with Gasteiger partial charge in [0.2, 0.25) is 0 Å². The molecule has 0 saturated heterocycles. The average Bonchev–Trinajstić information content (AvgIpc) is 2.40. The van der Waals surface area contributed by atoms with E-state index in [1.165, 1.54) is 0 Å². The number of halogens is 1. The van der Waals surface area contributed by atoms with Crippen LogP contribution in [0, 0.1) is 0 Å². The maximum Gasteiger partial charge on any atom is 0.142 e. The van der Waals surface area contributed by atoms with Crippen LogP contribution >= 0.6 is 11.6 Å². The molecule has 18 heavy (non-hydrogen) atoms. The molecule has 0 aliphatic carbocycles. The highest BCUT2D eigenvalue weighted by Crippen LogP contribution is 2.10. The number of nitrogens with zero attached hydrogens (tertiary/aromatic N) is 1. The van der Waals surface area contributed by atoms with Gasteiger partial charge in [0.1, 0.15) is 6.61 Å². The lowest BCUT2D eigenvalue weighted by Gasteiger charge is -2.03. The second kappa shape index (κ2) is 6.22. The zero-order valence-corrected chi connectivity index (χ0v) is 10.9. The zero-order valence-electron chi connectivity index (χ0n) is 10.1. The van der Waals surface area contributed by atoms with Crippen LogP contribution in [-0.4, -0.2) is 5.71 Å². The third-order valence-electron chi connectivity index (χ3n) is 2.54. The van der Waals surface area contributed by atoms with Crippen LogP contribution in [0.3, 0.4) is 0 Å². The number of oxime groups is 1. The summed E-state index contributed by atoms with van der Waals surface area (Å²) in [5.41, 5.74) is 2.94. The fraction of sp³-hybridized carbons (Fsp3) is 0.133. The molecule has 0 fully saturated rings. The van der Waals surface area contributed by atoms with Gasteiger partial charge in [0.25, 0.3) is 0 Å². The lowest BCUT2D eigenvalue weighted by molar-refractivity contribution is 0.130. The summed E-state index contributed by atoms with van der Waals surface area (Å²) in [5.74, 6) is 0. The van der Waals surface area contributed by atoms with Crippen molar-refractivity contribution >= 4 is 17.3 Å². The van der Waals surface area contributed by atoms with Crippen molar-refractivity contribution in [3.05, 3.63) is 70.7 Å². The Morgan fingerprint density at radius 3 is 2.39 bits per heavy atom. The molecule has 2 rings (SSSR count). The van der Waals surface area contributed by atoms with Gasteiger partial charge < -0.3 is 4.84 Å². The molecular formula is C15H14ClNO. The molecule has 0 N–H and O–H groups in total. The van der Waals surface area contributed by atoms with Crippen molar-refractivity contribution < 1.29 is 4.84 Å². The summed E-state index contributed by atoms with van der Waals surface area (Å²) in [5, 5.41) is 4.81. The van der Waals surface area contributed by atoms with Gasteiger partial charge in [-0.05, 0) is 30.2 Å².